The predicted octanol–water partition coefficient (Wildman–Crippen LogP) is 28.8. The van der Waals surface area contributed by atoms with Gasteiger partial charge < -0.3 is 43.2 Å². The Labute approximate surface area is 909 Å². The summed E-state index contributed by atoms with van der Waals surface area (Å²) < 4.78 is 69.0. The third-order valence-electron chi connectivity index (χ3n) is 22.1. The number of halogens is 5. The maximum absolute atomic E-state index is 13.1. The Kier molecular flexibility index (Phi) is 38.8. The molecule has 16 aromatic rings. The summed E-state index contributed by atoms with van der Waals surface area (Å²) in [6.45, 7) is 17.7. The number of sulfone groups is 1. The van der Waals surface area contributed by atoms with Crippen LogP contribution >= 0.6 is 90.1 Å². The third kappa shape index (κ3) is 29.3. The number of anilines is 2. The van der Waals surface area contributed by atoms with E-state index in [1.54, 1.807) is 86.6 Å². The fourth-order valence-corrected chi connectivity index (χ4v) is 28.9. The summed E-state index contributed by atoms with van der Waals surface area (Å²) in [6.07, 6.45) is 0. The Morgan fingerprint density at radius 3 is 0.925 bits per heavy atom. The van der Waals surface area contributed by atoms with Crippen LogP contribution in [0, 0.1) is 0 Å². The summed E-state index contributed by atoms with van der Waals surface area (Å²) in [5.41, 5.74) is 4.34. The first-order chi connectivity index (χ1) is 70.1. The fraction of sp³-hybridized carbons (Fsp3) is 0.186. The molecule has 0 bridgehead atoms. The predicted molar refractivity (Wildman–Crippen MR) is 606 cm³/mol. The van der Waals surface area contributed by atoms with Gasteiger partial charge in [0, 0.05) is 22.6 Å². The van der Waals surface area contributed by atoms with Crippen molar-refractivity contribution in [3.63, 3.8) is 0 Å². The second-order valence-corrected chi connectivity index (χ2v) is 56.1. The van der Waals surface area contributed by atoms with E-state index < -0.39 is 38.0 Å². The number of alkyl halides is 5. The summed E-state index contributed by atoms with van der Waals surface area (Å²) in [4.78, 5) is 87.3. The lowest BCUT2D eigenvalue weighted by Gasteiger charge is -2.20. The van der Waals surface area contributed by atoms with Crippen LogP contribution in [0.3, 0.4) is 0 Å². The summed E-state index contributed by atoms with van der Waals surface area (Å²) in [5, 5.41) is 5.07. The molecule has 1 atom stereocenters. The Hall–Kier alpha value is -11.5. The highest BCUT2D eigenvalue weighted by Gasteiger charge is 2.46. The Bertz CT molecular complexity index is 7090. The highest BCUT2D eigenvalue weighted by Crippen LogP contribution is 2.49. The number of nitrogens with one attached hydrogen (secondary N) is 1. The van der Waals surface area contributed by atoms with Crippen LogP contribution in [0.5, 0.6) is 17.2 Å². The van der Waals surface area contributed by atoms with Gasteiger partial charge in [-0.2, -0.15) is 0 Å². The van der Waals surface area contributed by atoms with E-state index in [0.717, 1.165) is 68.0 Å². The first kappa shape index (κ1) is 110. The number of fused-ring (bicyclic) bond motifs is 6. The van der Waals surface area contributed by atoms with Gasteiger partial charge in [-0.05, 0) is 280 Å². The third-order valence-corrected chi connectivity index (χ3v) is 37.4. The van der Waals surface area contributed by atoms with Crippen molar-refractivity contribution in [1.82, 2.24) is 0 Å². The monoisotopic (exact) mass is 2380 g/mol. The van der Waals surface area contributed by atoms with Crippen molar-refractivity contribution in [2.45, 2.75) is 166 Å². The minimum atomic E-state index is -3.55. The fourth-order valence-electron chi connectivity index (χ4n) is 14.9. The lowest BCUT2D eigenvalue weighted by Crippen LogP contribution is -2.28. The van der Waals surface area contributed by atoms with Crippen molar-refractivity contribution in [2.24, 2.45) is 0 Å². The molecule has 17 nitrogen and oxygen atoms in total. The Morgan fingerprint density at radius 2 is 0.589 bits per heavy atom. The number of esters is 5. The van der Waals surface area contributed by atoms with Gasteiger partial charge >= 0.3 is 29.8 Å². The summed E-state index contributed by atoms with van der Waals surface area (Å²) in [5.74, 6) is 0.634. The number of carbonyl (C=O) groups is 5. The highest BCUT2D eigenvalue weighted by atomic mass is 79.9. The smallest absolute Gasteiger partial charge is 0.322 e. The van der Waals surface area contributed by atoms with E-state index in [0.29, 0.717) is 34.5 Å². The highest BCUT2D eigenvalue weighted by molar-refractivity contribution is 9.11. The molecule has 0 fully saturated rings. The molecule has 146 heavy (non-hydrogen) atoms. The standard InChI is InChI=1S/C25H22BrO4S.C24H23BrNO3S.C24H22BrO5S2.C23H22BrO2S.C22H20BrO2S/c1-25(2,26)24(28)30-16-15-29-17-11-13-18(14-12-17)31-21-9-5-3-7-19(21)23(27)20-8-4-6-10-22(20)31;1-24(2,25)23(27)29-16-15-28-17-11-13-18(14-12-17)30-21-9-5-3-7-19(21)26-20-8-4-6-10-22(20)30;1-24(2,25)23(26)30-16-15-29-17-11-13-18(14-12-17)31-19-7-3-5-9-21(19)32(27,28)22-10-6-4-8-20(22)31;1-23(2,24)22(25)26-17-18-13-15-21(16-14-18)27(19-9-5-3-6-10-19)20-11-7-4-8-12-20;1-17(23)22(24)25-16-18-12-14-21(15-13-18)26(19-8-4-2-5-9-19)20-10-6-3-7-11-20/h3-14H,15-16H2,1-2H3;3-14,26H,15-16H2,1-2H3;3-14H,15-16H2,1-2H3;3-16H,17H2,1-2H3;2-15,17H,16H2,1H3/q5*+1. The topological polar surface area (TPSA) is 222 Å². The first-order valence-electron chi connectivity index (χ1n) is 46.7. The van der Waals surface area contributed by atoms with Crippen molar-refractivity contribution in [2.75, 3.05) is 45.0 Å². The molecule has 2 aliphatic rings. The van der Waals surface area contributed by atoms with Crippen molar-refractivity contribution < 1.29 is 70.3 Å². The average molecular weight is 2390 g/mol. The van der Waals surface area contributed by atoms with Gasteiger partial charge in [0.1, 0.15) is 124 Å². The van der Waals surface area contributed by atoms with Gasteiger partial charge in [-0.15, -0.1) is 0 Å². The number of hydrogen-bond donors (Lipinski definition) is 1. The van der Waals surface area contributed by atoms with Gasteiger partial charge in [-0.25, -0.2) is 8.42 Å². The second-order valence-electron chi connectivity index (χ2n) is 35.0. The number of benzene rings is 15. The van der Waals surface area contributed by atoms with Gasteiger partial charge in [0.25, 0.3) is 0 Å². The van der Waals surface area contributed by atoms with Gasteiger partial charge in [0.05, 0.1) is 43.9 Å². The molecule has 1 N–H and O–H groups in total. The van der Waals surface area contributed by atoms with Crippen molar-refractivity contribution in [3.8, 4) is 22.1 Å². The SMILES string of the molecule is CC(Br)C(=O)OCc1ccc([S+](c2ccccc2)c2ccccc2)cc1.CC(C)(Br)C(=O)OCCOc1ccc(-[s+]2c3ccccc3c(=O)c3ccccc32)cc1.CC(C)(Br)C(=O)OCCOc1ccc([S+]2c3ccccc3Nc3ccccc32)cc1.CC(C)(Br)C(=O)OCCOc1ccc([S+]2c3ccccc3S(=O)(=O)c3ccccc32)cc1.CC(C)(Br)C(=O)OCc1ccc([S+](c2ccccc2)c2ccccc2)cc1. The molecule has 748 valence electrons. The molecule has 1 unspecified atom stereocenters. The van der Waals surface area contributed by atoms with E-state index in [9.17, 15) is 37.2 Å². The zero-order valence-corrected chi connectivity index (χ0v) is 94.4. The molecule has 0 saturated heterocycles. The molecule has 0 saturated carbocycles. The maximum atomic E-state index is 13.1. The molecular formula is C118H109Br5NO16S6+5. The molecular weight excluding hydrogens is 2280 g/mol. The Morgan fingerprint density at radius 1 is 0.315 bits per heavy atom. The number of ether oxygens (including phenoxy) is 8. The van der Waals surface area contributed by atoms with Crippen LogP contribution < -0.4 is 25.0 Å². The largest absolute Gasteiger partial charge is 0.490 e. The molecule has 0 spiro atoms. The van der Waals surface area contributed by atoms with Crippen LogP contribution in [0.1, 0.15) is 73.4 Å². The molecule has 0 aliphatic carbocycles. The number of para-hydroxylation sites is 2. The van der Waals surface area contributed by atoms with E-state index in [1.807, 2.05) is 182 Å². The molecule has 0 radical (unpaired) electrons. The van der Waals surface area contributed by atoms with Crippen LogP contribution in [-0.4, -0.2) is 100 Å². The zero-order chi connectivity index (χ0) is 104. The van der Waals surface area contributed by atoms with E-state index >= 15 is 0 Å². The van der Waals surface area contributed by atoms with Gasteiger partial charge in [0.15, 0.2) is 73.0 Å². The van der Waals surface area contributed by atoms with E-state index in [1.165, 1.54) is 44.1 Å². The quantitative estimate of drug-likeness (QED) is 0.0110. The van der Waals surface area contributed by atoms with Gasteiger partial charge in [0.2, 0.25) is 15.3 Å². The van der Waals surface area contributed by atoms with Crippen LogP contribution in [0.15, 0.2) is 462 Å². The van der Waals surface area contributed by atoms with E-state index in [2.05, 4.69) is 267 Å². The van der Waals surface area contributed by atoms with Gasteiger partial charge in [-0.3, -0.25) is 28.8 Å². The molecule has 18 rings (SSSR count). The zero-order valence-electron chi connectivity index (χ0n) is 81.6. The molecule has 1 aromatic heterocycles. The first-order valence-corrected chi connectivity index (χ1v) is 58.4. The van der Waals surface area contributed by atoms with Crippen LogP contribution in [0.25, 0.3) is 25.1 Å². The molecule has 2 aliphatic heterocycles. The molecule has 15 aromatic carbocycles. The molecule has 3 heterocycles. The van der Waals surface area contributed by atoms with E-state index in [-0.39, 0.29) is 123 Å². The summed E-state index contributed by atoms with van der Waals surface area (Å²) in [7, 11) is -4.96. The minimum absolute atomic E-state index is 0.0797. The number of rotatable bonds is 30. The van der Waals surface area contributed by atoms with Crippen molar-refractivity contribution >= 4 is 205 Å². The van der Waals surface area contributed by atoms with Crippen LogP contribution in [0.4, 0.5) is 11.4 Å². The van der Waals surface area contributed by atoms with Crippen LogP contribution in [-0.2, 0) is 114 Å². The lowest BCUT2D eigenvalue weighted by molar-refractivity contribution is -0.147. The summed E-state index contributed by atoms with van der Waals surface area (Å²) in [6, 6.07) is 129. The van der Waals surface area contributed by atoms with Crippen LogP contribution in [0.2, 0.25) is 0 Å². The lowest BCUT2D eigenvalue weighted by atomic mass is 10.2. The normalized spacial score (nSPS) is 12.6. The number of hydrogen-bond acceptors (Lipinski definition) is 17. The maximum Gasteiger partial charge on any atom is 0.322 e. The average Bonchev–Trinajstić information content (AvgIpc) is 0.728. The second kappa shape index (κ2) is 51.4. The Balaban J connectivity index is 0.000000145. The van der Waals surface area contributed by atoms with Crippen molar-refractivity contribution in [1.29, 1.82) is 0 Å². The van der Waals surface area contributed by atoms with E-state index in [4.69, 9.17) is 37.9 Å². The minimum Gasteiger partial charge on any atom is -0.490 e. The molecule has 28 heteroatoms. The summed E-state index contributed by atoms with van der Waals surface area (Å²) >= 11 is 16.4. The molecule has 0 amide bonds. The van der Waals surface area contributed by atoms with Crippen molar-refractivity contribution in [3.05, 3.63) is 410 Å². The number of carbonyl (C=O) groups excluding carboxylic acids is 5. The van der Waals surface area contributed by atoms with Gasteiger partial charge in [-0.1, -0.05) is 250 Å².